The van der Waals surface area contributed by atoms with Gasteiger partial charge in [0.05, 0.1) is 11.1 Å². The molecule has 4 aromatic rings. The van der Waals surface area contributed by atoms with E-state index in [0.717, 1.165) is 72.6 Å². The fourth-order valence-corrected chi connectivity index (χ4v) is 29.0. The number of carboxylic acids is 2. The molecule has 0 radical (unpaired) electrons. The Kier molecular flexibility index (Phi) is 9.83. The van der Waals surface area contributed by atoms with E-state index in [-0.39, 0.29) is 54.1 Å². The molecule has 8 unspecified atom stereocenters. The van der Waals surface area contributed by atoms with E-state index >= 15 is 0 Å². The first-order valence-corrected chi connectivity index (χ1v) is 31.8. The Morgan fingerprint density at radius 1 is 0.350 bits per heavy atom. The molecular formula is C74H90O6. The van der Waals surface area contributed by atoms with E-state index in [1.165, 1.54) is 127 Å². The number of hydrogen-bond donors (Lipinski definition) is 2. The summed E-state index contributed by atoms with van der Waals surface area (Å²) in [7, 11) is 0. The summed E-state index contributed by atoms with van der Waals surface area (Å²) in [4.78, 5) is 25.1. The second-order valence-electron chi connectivity index (χ2n) is 35.6. The molecule has 20 rings (SSSR count). The van der Waals surface area contributed by atoms with Crippen LogP contribution in [-0.4, -0.2) is 22.2 Å². The topological polar surface area (TPSA) is 93.1 Å². The maximum atomic E-state index is 12.6. The first-order valence-electron chi connectivity index (χ1n) is 31.8. The molecule has 2 N–H and O–H groups in total. The zero-order valence-electron chi connectivity index (χ0n) is 49.7. The molecule has 16 bridgehead atoms. The third-order valence-electron chi connectivity index (χ3n) is 26.5. The molecular weight excluding hydrogens is 985 g/mol. The number of rotatable bonds is 11. The zero-order valence-corrected chi connectivity index (χ0v) is 49.7. The minimum atomic E-state index is -0.861. The number of carboxylic acid groups (broad SMARTS) is 2. The molecule has 4 aromatic carbocycles. The van der Waals surface area contributed by atoms with E-state index in [1.807, 2.05) is 24.3 Å². The molecule has 0 amide bonds. The van der Waals surface area contributed by atoms with Gasteiger partial charge in [-0.15, -0.1) is 0 Å². The fourth-order valence-electron chi connectivity index (χ4n) is 29.0. The summed E-state index contributed by atoms with van der Waals surface area (Å²) in [5.41, 5.74) is 8.95. The molecule has 6 nitrogen and oxygen atoms in total. The van der Waals surface area contributed by atoms with Crippen LogP contribution in [0.3, 0.4) is 0 Å². The second kappa shape index (κ2) is 15.4. The maximum absolute atomic E-state index is 12.6. The summed E-state index contributed by atoms with van der Waals surface area (Å²) in [6, 6.07) is 30.4. The van der Waals surface area contributed by atoms with Crippen molar-refractivity contribution in [3.05, 3.63) is 118 Å². The summed E-state index contributed by atoms with van der Waals surface area (Å²) in [6.45, 7) is 20.8. The number of benzene rings is 4. The average Bonchev–Trinajstić information content (AvgIpc) is 0.930. The van der Waals surface area contributed by atoms with E-state index in [4.69, 9.17) is 9.47 Å². The molecule has 422 valence electrons. The maximum Gasteiger partial charge on any atom is 0.335 e. The highest BCUT2D eigenvalue weighted by Gasteiger charge is 2.77. The fraction of sp³-hybridized carbons (Fsp3) is 0.649. The third-order valence-corrected chi connectivity index (χ3v) is 26.5. The van der Waals surface area contributed by atoms with Gasteiger partial charge in [-0.1, -0.05) is 79.7 Å². The van der Waals surface area contributed by atoms with Crippen LogP contribution in [-0.2, 0) is 21.7 Å². The largest absolute Gasteiger partial charge is 0.478 e. The Morgan fingerprint density at radius 3 is 0.950 bits per heavy atom. The highest BCUT2D eigenvalue weighted by atomic mass is 16.5. The van der Waals surface area contributed by atoms with E-state index in [2.05, 4.69) is 104 Å². The minimum absolute atomic E-state index is 0.0568. The van der Waals surface area contributed by atoms with Crippen molar-refractivity contribution in [1.82, 2.24) is 0 Å². The van der Waals surface area contributed by atoms with Gasteiger partial charge < -0.3 is 19.7 Å². The van der Waals surface area contributed by atoms with Crippen molar-refractivity contribution in [3.63, 3.8) is 0 Å². The molecule has 0 aromatic heterocycles. The lowest BCUT2D eigenvalue weighted by Gasteiger charge is -2.80. The lowest BCUT2D eigenvalue weighted by atomic mass is 9.24. The first kappa shape index (κ1) is 51.1. The second-order valence-corrected chi connectivity index (χ2v) is 35.6. The van der Waals surface area contributed by atoms with E-state index in [9.17, 15) is 19.8 Å². The van der Waals surface area contributed by atoms with E-state index in [1.54, 1.807) is 12.1 Å². The summed E-state index contributed by atoms with van der Waals surface area (Å²) in [6.07, 6.45) is 30.2. The Hall–Kier alpha value is -4.58. The van der Waals surface area contributed by atoms with Crippen LogP contribution in [0, 0.1) is 66.0 Å². The third kappa shape index (κ3) is 7.38. The van der Waals surface area contributed by atoms with Crippen molar-refractivity contribution >= 4 is 11.9 Å². The standard InChI is InChI=1S/C74H90O6/c1-61-23-47-24-62(2,29-61)34-69(27-47,33-61)55-21-49(59(75)76)9-19-57(55)79-53-15-11-51(12-16-53)71-37-65(5)31-66(6,38-71)42-73(41-65,45-71)74-43-67(7)32-68(8,44-74)40-72(39-67,46-74)52-13-17-54(18-14-52)80-58-20-10-50(60(77)78)22-56(58)70-28-48-25-63(3,35-70)30-64(4,26-48)36-70/h9-22,47-48H,23-46H2,1-8H3,(H,75,76)(H,77,78). The summed E-state index contributed by atoms with van der Waals surface area (Å²) in [5, 5.41) is 20.6. The van der Waals surface area contributed by atoms with Crippen LogP contribution >= 0.6 is 0 Å². The van der Waals surface area contributed by atoms with Gasteiger partial charge in [-0.05, 0) is 303 Å². The lowest BCUT2D eigenvalue weighted by molar-refractivity contribution is -0.275. The van der Waals surface area contributed by atoms with Crippen molar-refractivity contribution in [2.45, 2.75) is 231 Å². The smallest absolute Gasteiger partial charge is 0.335 e. The minimum Gasteiger partial charge on any atom is -0.478 e. The van der Waals surface area contributed by atoms with Crippen LogP contribution in [0.15, 0.2) is 84.9 Å². The first-order chi connectivity index (χ1) is 37.5. The predicted octanol–water partition coefficient (Wildman–Crippen LogP) is 19.1. The summed E-state index contributed by atoms with van der Waals surface area (Å²) in [5.74, 6) is 3.08. The number of aromatic carboxylic acids is 2. The quantitative estimate of drug-likeness (QED) is 0.155. The molecule has 16 aliphatic rings. The van der Waals surface area contributed by atoms with Crippen LogP contribution in [0.5, 0.6) is 23.0 Å². The van der Waals surface area contributed by atoms with E-state index in [0.29, 0.717) is 44.6 Å². The van der Waals surface area contributed by atoms with Crippen molar-refractivity contribution in [2.75, 3.05) is 0 Å². The molecule has 80 heavy (non-hydrogen) atoms. The number of ether oxygens (including phenoxy) is 2. The lowest BCUT2D eigenvalue weighted by Crippen LogP contribution is -2.71. The molecule has 0 heterocycles. The van der Waals surface area contributed by atoms with Gasteiger partial charge in [0.2, 0.25) is 0 Å². The van der Waals surface area contributed by atoms with Gasteiger partial charge in [0, 0.05) is 22.0 Å². The Balaban J connectivity index is 0.710. The van der Waals surface area contributed by atoms with Crippen molar-refractivity contribution in [2.24, 2.45) is 66.0 Å². The molecule has 16 saturated carbocycles. The Labute approximate surface area is 477 Å². The van der Waals surface area contributed by atoms with Gasteiger partial charge >= 0.3 is 11.9 Å². The van der Waals surface area contributed by atoms with Crippen LogP contribution in [0.2, 0.25) is 0 Å². The summed E-state index contributed by atoms with van der Waals surface area (Å²) >= 11 is 0. The summed E-state index contributed by atoms with van der Waals surface area (Å²) < 4.78 is 14.1. The average molecular weight is 1080 g/mol. The van der Waals surface area contributed by atoms with Gasteiger partial charge in [0.25, 0.3) is 0 Å². The van der Waals surface area contributed by atoms with Crippen molar-refractivity contribution in [3.8, 4) is 23.0 Å². The Morgan fingerprint density at radius 2 is 0.650 bits per heavy atom. The molecule has 6 heteroatoms. The van der Waals surface area contributed by atoms with Crippen molar-refractivity contribution < 1.29 is 29.3 Å². The normalized spacial score (nSPS) is 48.2. The molecule has 16 aliphatic carbocycles. The highest BCUT2D eigenvalue weighted by molar-refractivity contribution is 5.89. The predicted molar refractivity (Wildman–Crippen MR) is 314 cm³/mol. The van der Waals surface area contributed by atoms with Crippen molar-refractivity contribution in [1.29, 1.82) is 0 Å². The Bertz CT molecular complexity index is 3050. The number of hydrogen-bond acceptors (Lipinski definition) is 4. The van der Waals surface area contributed by atoms with Crippen LogP contribution in [0.1, 0.15) is 252 Å². The molecule has 0 spiro atoms. The molecule has 0 saturated heterocycles. The van der Waals surface area contributed by atoms with Gasteiger partial charge in [0.15, 0.2) is 0 Å². The van der Waals surface area contributed by atoms with Gasteiger partial charge in [-0.2, -0.15) is 0 Å². The van der Waals surface area contributed by atoms with Crippen LogP contribution in [0.4, 0.5) is 0 Å². The molecule has 0 aliphatic heterocycles. The van der Waals surface area contributed by atoms with Crippen LogP contribution in [0.25, 0.3) is 0 Å². The van der Waals surface area contributed by atoms with Gasteiger partial charge in [-0.25, -0.2) is 9.59 Å². The SMILES string of the molecule is CC12CC3CC(C)(C1)CC(c1cc(C(=O)O)ccc1Oc1ccc(C45CC6(C)CC(C)(C4)CC(C47CC8(C)CC(C)(CC(c9ccc(Oc%10ccc(C(=O)O)cc%10C%10%11CC%12CC(C)(CC(C)(C%12)C%10)C%11)cc9)(C8)C4)C7)(C6)C5)cc1)(C3)C2. The van der Waals surface area contributed by atoms with Crippen LogP contribution < -0.4 is 9.47 Å². The zero-order chi connectivity index (χ0) is 55.4. The molecule has 16 fully saturated rings. The highest BCUT2D eigenvalue weighted by Crippen LogP contribution is 2.85. The monoisotopic (exact) mass is 1070 g/mol. The number of carbonyl (C=O) groups is 2. The van der Waals surface area contributed by atoms with Gasteiger partial charge in [0.1, 0.15) is 23.0 Å². The van der Waals surface area contributed by atoms with Gasteiger partial charge in [-0.3, -0.25) is 0 Å². The molecule has 8 atom stereocenters. The van der Waals surface area contributed by atoms with E-state index < -0.39 is 11.9 Å².